The van der Waals surface area contributed by atoms with Crippen LogP contribution in [0.2, 0.25) is 0 Å². The van der Waals surface area contributed by atoms with Crippen LogP contribution in [0.25, 0.3) is 0 Å². The highest BCUT2D eigenvalue weighted by molar-refractivity contribution is 7.80. The van der Waals surface area contributed by atoms with Gasteiger partial charge in [-0.05, 0) is 66.1 Å². The number of benzene rings is 3. The van der Waals surface area contributed by atoms with Gasteiger partial charge < -0.3 is 26.8 Å². The molecule has 0 saturated carbocycles. The molecular weight excluding hydrogens is 460 g/mol. The number of ether oxygens (including phenoxy) is 1. The lowest BCUT2D eigenvalue weighted by molar-refractivity contribution is 0.306. The molecule has 3 aromatic rings. The molecule has 0 aliphatic heterocycles. The van der Waals surface area contributed by atoms with Gasteiger partial charge in [-0.2, -0.15) is 0 Å². The van der Waals surface area contributed by atoms with Gasteiger partial charge in [0.2, 0.25) is 0 Å². The van der Waals surface area contributed by atoms with Crippen LogP contribution in [0.4, 0.5) is 5.69 Å². The summed E-state index contributed by atoms with van der Waals surface area (Å²) in [7, 11) is 0. The second kappa shape index (κ2) is 15.6. The number of unbranched alkanes of at least 4 members (excludes halogenated alkanes) is 2. The number of thiocarbonyl (C=S) groups is 2. The summed E-state index contributed by atoms with van der Waals surface area (Å²) >= 11 is 9.55. The fourth-order valence-corrected chi connectivity index (χ4v) is 3.33. The summed E-state index contributed by atoms with van der Waals surface area (Å²) in [4.78, 5) is 0. The molecule has 0 heterocycles. The lowest BCUT2D eigenvalue weighted by Crippen LogP contribution is -2.28. The molecule has 0 amide bonds. The standard InChI is InChI=1S/C14H14N2OS.C13H20N2S/c15-14(18)16-12-7-4-8-13(9-12)17-10-11-5-2-1-3-6-11;1-2-3-4-5-11-6-8-12(9-7-11)10-15-13(14)16/h1-9H,10H2,(H3,15,16,18);6-9H,2-5,10H2,1H3,(H3,14,15,16). The van der Waals surface area contributed by atoms with Crippen molar-refractivity contribution in [3.8, 4) is 5.75 Å². The lowest BCUT2D eigenvalue weighted by atomic mass is 10.1. The van der Waals surface area contributed by atoms with Crippen LogP contribution < -0.4 is 26.8 Å². The van der Waals surface area contributed by atoms with E-state index >= 15 is 0 Å². The predicted molar refractivity (Wildman–Crippen MR) is 151 cm³/mol. The Bertz CT molecular complexity index is 1010. The van der Waals surface area contributed by atoms with Crippen LogP contribution in [0.15, 0.2) is 78.9 Å². The smallest absolute Gasteiger partial charge is 0.168 e. The molecule has 0 fully saturated rings. The molecule has 0 spiro atoms. The molecule has 3 rings (SSSR count). The van der Waals surface area contributed by atoms with Crippen LogP contribution in [-0.2, 0) is 19.6 Å². The zero-order valence-electron chi connectivity index (χ0n) is 19.6. The Labute approximate surface area is 213 Å². The van der Waals surface area contributed by atoms with Crippen LogP contribution in [0.1, 0.15) is 42.9 Å². The molecule has 180 valence electrons. The molecule has 0 aliphatic rings. The number of anilines is 1. The van der Waals surface area contributed by atoms with Gasteiger partial charge in [0.15, 0.2) is 10.2 Å². The van der Waals surface area contributed by atoms with Crippen LogP contribution >= 0.6 is 24.4 Å². The topological polar surface area (TPSA) is 85.3 Å². The van der Waals surface area contributed by atoms with Crippen LogP contribution in [0.3, 0.4) is 0 Å². The molecule has 34 heavy (non-hydrogen) atoms. The maximum atomic E-state index is 5.69. The van der Waals surface area contributed by atoms with Gasteiger partial charge in [-0.15, -0.1) is 0 Å². The van der Waals surface area contributed by atoms with Gasteiger partial charge in [-0.1, -0.05) is 80.4 Å². The molecule has 0 bridgehead atoms. The second-order valence-electron chi connectivity index (χ2n) is 7.78. The maximum absolute atomic E-state index is 5.69. The molecular formula is C27H34N4OS2. The third-order valence-electron chi connectivity index (χ3n) is 4.91. The fourth-order valence-electron chi connectivity index (χ4n) is 3.14. The quantitative estimate of drug-likeness (QED) is 0.213. The number of rotatable bonds is 10. The highest BCUT2D eigenvalue weighted by atomic mass is 32.1. The van der Waals surface area contributed by atoms with E-state index in [1.807, 2.05) is 54.6 Å². The molecule has 7 heteroatoms. The van der Waals surface area contributed by atoms with Crippen molar-refractivity contribution in [1.82, 2.24) is 5.32 Å². The van der Waals surface area contributed by atoms with Crippen molar-refractivity contribution in [2.45, 2.75) is 45.8 Å². The largest absolute Gasteiger partial charge is 0.489 e. The van der Waals surface area contributed by atoms with Gasteiger partial charge in [0, 0.05) is 18.3 Å². The van der Waals surface area contributed by atoms with E-state index in [-0.39, 0.29) is 5.11 Å². The van der Waals surface area contributed by atoms with Crippen LogP contribution in [0.5, 0.6) is 5.75 Å². The molecule has 5 nitrogen and oxygen atoms in total. The molecule has 0 radical (unpaired) electrons. The number of hydrogen-bond donors (Lipinski definition) is 4. The van der Waals surface area contributed by atoms with E-state index in [0.717, 1.165) is 17.0 Å². The highest BCUT2D eigenvalue weighted by Gasteiger charge is 1.99. The van der Waals surface area contributed by atoms with E-state index in [2.05, 4.69) is 41.8 Å². The molecule has 0 aliphatic carbocycles. The summed E-state index contributed by atoms with van der Waals surface area (Å²) in [6.07, 6.45) is 5.04. The van der Waals surface area contributed by atoms with Gasteiger partial charge in [0.05, 0.1) is 0 Å². The van der Waals surface area contributed by atoms with E-state index in [4.69, 9.17) is 40.6 Å². The molecule has 0 atom stereocenters. The lowest BCUT2D eigenvalue weighted by Gasteiger charge is -2.08. The van der Waals surface area contributed by atoms with E-state index in [9.17, 15) is 0 Å². The Balaban J connectivity index is 0.000000242. The van der Waals surface area contributed by atoms with Gasteiger partial charge in [0.1, 0.15) is 12.4 Å². The van der Waals surface area contributed by atoms with Crippen LogP contribution in [0, 0.1) is 0 Å². The first-order valence-corrected chi connectivity index (χ1v) is 12.2. The monoisotopic (exact) mass is 494 g/mol. The van der Waals surface area contributed by atoms with Crippen molar-refractivity contribution in [2.75, 3.05) is 5.32 Å². The minimum absolute atomic E-state index is 0.246. The minimum atomic E-state index is 0.246. The Morgan fingerprint density at radius 1 is 0.794 bits per heavy atom. The third-order valence-corrected chi connectivity index (χ3v) is 5.16. The normalized spacial score (nSPS) is 9.91. The van der Waals surface area contributed by atoms with E-state index in [0.29, 0.717) is 18.3 Å². The molecule has 0 saturated heterocycles. The Hall–Kier alpha value is -3.16. The van der Waals surface area contributed by atoms with Crippen molar-refractivity contribution in [3.05, 3.63) is 95.6 Å². The Kier molecular flexibility index (Phi) is 12.5. The predicted octanol–water partition coefficient (Wildman–Crippen LogP) is 5.67. The van der Waals surface area contributed by atoms with E-state index < -0.39 is 0 Å². The first kappa shape index (κ1) is 27.1. The summed E-state index contributed by atoms with van der Waals surface area (Å²) in [6, 6.07) is 26.2. The van der Waals surface area contributed by atoms with Crippen molar-refractivity contribution >= 4 is 40.3 Å². The second-order valence-corrected chi connectivity index (χ2v) is 8.66. The SMILES string of the molecule is CCCCCc1ccc(CNC(N)=S)cc1.NC(=S)Nc1cccc(OCc2ccccc2)c1. The average molecular weight is 495 g/mol. The van der Waals surface area contributed by atoms with Crippen LogP contribution in [-0.4, -0.2) is 10.2 Å². The molecule has 6 N–H and O–H groups in total. The summed E-state index contributed by atoms with van der Waals surface area (Å²) in [5.41, 5.74) is 15.4. The van der Waals surface area contributed by atoms with Gasteiger partial charge >= 0.3 is 0 Å². The summed E-state index contributed by atoms with van der Waals surface area (Å²) in [5, 5.41) is 6.41. The minimum Gasteiger partial charge on any atom is -0.489 e. The third kappa shape index (κ3) is 11.6. The molecule has 0 aromatic heterocycles. The summed E-state index contributed by atoms with van der Waals surface area (Å²) in [5.74, 6) is 0.778. The Morgan fingerprint density at radius 3 is 2.15 bits per heavy atom. The van der Waals surface area contributed by atoms with Crippen molar-refractivity contribution in [3.63, 3.8) is 0 Å². The average Bonchev–Trinajstić information content (AvgIpc) is 2.83. The van der Waals surface area contributed by atoms with Crippen molar-refractivity contribution < 1.29 is 4.74 Å². The number of hydrogen-bond acceptors (Lipinski definition) is 3. The van der Waals surface area contributed by atoms with Gasteiger partial charge in [-0.25, -0.2) is 0 Å². The van der Waals surface area contributed by atoms with Crippen molar-refractivity contribution in [2.24, 2.45) is 11.5 Å². The zero-order valence-corrected chi connectivity index (χ0v) is 21.3. The summed E-state index contributed by atoms with van der Waals surface area (Å²) in [6.45, 7) is 3.48. The van der Waals surface area contributed by atoms with E-state index in [1.165, 1.54) is 36.8 Å². The van der Waals surface area contributed by atoms with Crippen molar-refractivity contribution in [1.29, 1.82) is 0 Å². The Morgan fingerprint density at radius 2 is 1.50 bits per heavy atom. The fraction of sp³-hybridized carbons (Fsp3) is 0.259. The van der Waals surface area contributed by atoms with E-state index in [1.54, 1.807) is 0 Å². The number of nitrogens with two attached hydrogens (primary N) is 2. The first-order chi connectivity index (χ1) is 16.5. The highest BCUT2D eigenvalue weighted by Crippen LogP contribution is 2.18. The molecule has 0 unspecified atom stereocenters. The first-order valence-electron chi connectivity index (χ1n) is 11.4. The van der Waals surface area contributed by atoms with Gasteiger partial charge in [0.25, 0.3) is 0 Å². The van der Waals surface area contributed by atoms with Gasteiger partial charge in [-0.3, -0.25) is 0 Å². The number of nitrogens with one attached hydrogen (secondary N) is 2. The maximum Gasteiger partial charge on any atom is 0.168 e. The number of aryl methyl sites for hydroxylation is 1. The zero-order chi connectivity index (χ0) is 24.6. The summed E-state index contributed by atoms with van der Waals surface area (Å²) < 4.78 is 5.69. The molecule has 3 aromatic carbocycles.